The quantitative estimate of drug-likeness (QED) is 0.721. The summed E-state index contributed by atoms with van der Waals surface area (Å²) in [5.41, 5.74) is 2.22. The van der Waals surface area contributed by atoms with Gasteiger partial charge in [-0.25, -0.2) is 14.6 Å². The minimum atomic E-state index is -1.08. The number of nitrogens with one attached hydrogen (secondary N) is 1. The highest BCUT2D eigenvalue weighted by Crippen LogP contribution is 2.38. The predicted molar refractivity (Wildman–Crippen MR) is 98.3 cm³/mol. The Morgan fingerprint density at radius 3 is 2.78 bits per heavy atom. The van der Waals surface area contributed by atoms with Gasteiger partial charge in [0.2, 0.25) is 0 Å². The number of carbonyl (C=O) groups excluding carboxylic acids is 1. The van der Waals surface area contributed by atoms with Crippen molar-refractivity contribution in [3.05, 3.63) is 76.0 Å². The van der Waals surface area contributed by atoms with Crippen molar-refractivity contribution in [3.8, 4) is 0 Å². The van der Waals surface area contributed by atoms with E-state index >= 15 is 0 Å². The monoisotopic (exact) mass is 383 g/mol. The van der Waals surface area contributed by atoms with Gasteiger partial charge in [-0.1, -0.05) is 36.4 Å². The summed E-state index contributed by atoms with van der Waals surface area (Å²) in [5, 5.41) is 11.6. The Hall–Kier alpha value is -3.13. The SMILES string of the molecule is O=C(O)[C@@H]1Cc2[nH]cnc2[C@H](c2cccs2)N1C(=O)OCc1ccccc1. The highest BCUT2D eigenvalue weighted by Gasteiger charge is 2.44. The molecular weight excluding hydrogens is 366 g/mol. The minimum absolute atomic E-state index is 0.0765. The van der Waals surface area contributed by atoms with E-state index in [1.165, 1.54) is 22.6 Å². The van der Waals surface area contributed by atoms with E-state index in [1.54, 1.807) is 0 Å². The van der Waals surface area contributed by atoms with Gasteiger partial charge in [0.25, 0.3) is 0 Å². The van der Waals surface area contributed by atoms with Gasteiger partial charge in [0, 0.05) is 17.0 Å². The Morgan fingerprint density at radius 1 is 1.26 bits per heavy atom. The molecule has 1 aromatic carbocycles. The molecule has 0 saturated heterocycles. The molecule has 1 aliphatic rings. The lowest BCUT2D eigenvalue weighted by Gasteiger charge is -2.37. The van der Waals surface area contributed by atoms with Crippen molar-refractivity contribution in [2.24, 2.45) is 0 Å². The van der Waals surface area contributed by atoms with Crippen LogP contribution in [0.25, 0.3) is 0 Å². The maximum Gasteiger partial charge on any atom is 0.411 e. The average molecular weight is 383 g/mol. The van der Waals surface area contributed by atoms with Crippen LogP contribution in [0.5, 0.6) is 0 Å². The number of carbonyl (C=O) groups is 2. The van der Waals surface area contributed by atoms with E-state index < -0.39 is 24.1 Å². The van der Waals surface area contributed by atoms with Crippen LogP contribution in [0.3, 0.4) is 0 Å². The van der Waals surface area contributed by atoms with Crippen LogP contribution in [0, 0.1) is 0 Å². The van der Waals surface area contributed by atoms with Crippen molar-refractivity contribution < 1.29 is 19.4 Å². The fraction of sp³-hybridized carbons (Fsp3) is 0.211. The number of amides is 1. The number of carboxylic acids is 1. The number of hydrogen-bond acceptors (Lipinski definition) is 5. The molecule has 1 amide bonds. The molecule has 2 aromatic heterocycles. The van der Waals surface area contributed by atoms with Crippen molar-refractivity contribution in [3.63, 3.8) is 0 Å². The van der Waals surface area contributed by atoms with Gasteiger partial charge in [-0.2, -0.15) is 0 Å². The summed E-state index contributed by atoms with van der Waals surface area (Å²) in [6.45, 7) is 0.0765. The van der Waals surface area contributed by atoms with Crippen molar-refractivity contribution in [1.82, 2.24) is 14.9 Å². The molecule has 0 spiro atoms. The molecule has 2 N–H and O–H groups in total. The van der Waals surface area contributed by atoms with Crippen molar-refractivity contribution >= 4 is 23.4 Å². The molecule has 0 fully saturated rings. The third-order valence-electron chi connectivity index (χ3n) is 4.54. The molecule has 138 valence electrons. The molecule has 27 heavy (non-hydrogen) atoms. The van der Waals surface area contributed by atoms with Crippen LogP contribution in [0.1, 0.15) is 27.9 Å². The van der Waals surface area contributed by atoms with Crippen LogP contribution in [-0.4, -0.2) is 38.1 Å². The van der Waals surface area contributed by atoms with E-state index in [9.17, 15) is 14.7 Å². The Bertz CT molecular complexity index is 939. The van der Waals surface area contributed by atoms with Crippen LogP contribution < -0.4 is 0 Å². The number of aliphatic carboxylic acids is 1. The van der Waals surface area contributed by atoms with E-state index in [2.05, 4.69) is 9.97 Å². The summed E-state index contributed by atoms with van der Waals surface area (Å²) in [6.07, 6.45) is 1.02. The van der Waals surface area contributed by atoms with Crippen LogP contribution >= 0.6 is 11.3 Å². The summed E-state index contributed by atoms with van der Waals surface area (Å²) in [5.74, 6) is -1.08. The first-order chi connectivity index (χ1) is 13.1. The Kier molecular flexibility index (Phi) is 4.64. The first-order valence-corrected chi connectivity index (χ1v) is 9.30. The first-order valence-electron chi connectivity index (χ1n) is 8.42. The Balaban J connectivity index is 1.67. The van der Waals surface area contributed by atoms with Crippen LogP contribution in [0.2, 0.25) is 0 Å². The van der Waals surface area contributed by atoms with Gasteiger partial charge in [-0.05, 0) is 17.0 Å². The summed E-state index contributed by atoms with van der Waals surface area (Å²) in [4.78, 5) is 34.3. The van der Waals surface area contributed by atoms with Crippen LogP contribution in [-0.2, 0) is 22.6 Å². The lowest BCUT2D eigenvalue weighted by atomic mass is 9.95. The maximum absolute atomic E-state index is 12.9. The number of carboxylic acid groups (broad SMARTS) is 1. The van der Waals surface area contributed by atoms with Gasteiger partial charge >= 0.3 is 12.1 Å². The highest BCUT2D eigenvalue weighted by molar-refractivity contribution is 7.10. The Labute approximate surface area is 159 Å². The number of fused-ring (bicyclic) bond motifs is 1. The molecule has 0 radical (unpaired) electrons. The summed E-state index contributed by atoms with van der Waals surface area (Å²) in [7, 11) is 0. The van der Waals surface area contributed by atoms with E-state index in [-0.39, 0.29) is 13.0 Å². The number of rotatable bonds is 4. The number of H-pyrrole nitrogens is 1. The van der Waals surface area contributed by atoms with Crippen molar-refractivity contribution in [1.29, 1.82) is 0 Å². The third kappa shape index (κ3) is 3.31. The number of thiophene rings is 1. The molecule has 8 heteroatoms. The van der Waals surface area contributed by atoms with Gasteiger partial charge in [0.05, 0.1) is 12.0 Å². The zero-order valence-electron chi connectivity index (χ0n) is 14.2. The zero-order valence-corrected chi connectivity index (χ0v) is 15.1. The normalized spacial score (nSPS) is 18.7. The Morgan fingerprint density at radius 2 is 2.07 bits per heavy atom. The summed E-state index contributed by atoms with van der Waals surface area (Å²) >= 11 is 1.45. The molecule has 0 aliphatic carbocycles. The molecular formula is C19H17N3O4S. The number of aromatic amines is 1. The van der Waals surface area contributed by atoms with Gasteiger partial charge in [-0.3, -0.25) is 4.90 Å². The largest absolute Gasteiger partial charge is 0.480 e. The zero-order chi connectivity index (χ0) is 18.8. The molecule has 2 atom stereocenters. The summed E-state index contributed by atoms with van der Waals surface area (Å²) < 4.78 is 5.46. The van der Waals surface area contributed by atoms with Gasteiger partial charge in [0.1, 0.15) is 18.7 Å². The minimum Gasteiger partial charge on any atom is -0.480 e. The molecule has 3 aromatic rings. The van der Waals surface area contributed by atoms with Crippen molar-refractivity contribution in [2.75, 3.05) is 0 Å². The van der Waals surface area contributed by atoms with Crippen LogP contribution in [0.4, 0.5) is 4.79 Å². The van der Waals surface area contributed by atoms with E-state index in [1.807, 2.05) is 47.8 Å². The molecule has 4 rings (SSSR count). The fourth-order valence-corrected chi connectivity index (χ4v) is 4.11. The fourth-order valence-electron chi connectivity index (χ4n) is 3.29. The van der Waals surface area contributed by atoms with Crippen molar-refractivity contribution in [2.45, 2.75) is 25.1 Å². The maximum atomic E-state index is 12.9. The van der Waals surface area contributed by atoms with E-state index in [0.29, 0.717) is 5.69 Å². The van der Waals surface area contributed by atoms with E-state index in [0.717, 1.165) is 16.1 Å². The standard InChI is InChI=1S/C19H17N3O4S/c23-18(24)14-9-13-16(21-11-20-13)17(15-7-4-8-27-15)22(14)19(25)26-10-12-5-2-1-3-6-12/h1-8,11,14,17H,9-10H2,(H,20,21)(H,23,24)/t14-,17-/m0/s1. The summed E-state index contributed by atoms with van der Waals surface area (Å²) in [6, 6.07) is 11.4. The number of benzene rings is 1. The highest BCUT2D eigenvalue weighted by atomic mass is 32.1. The molecule has 1 aliphatic heterocycles. The topological polar surface area (TPSA) is 95.5 Å². The third-order valence-corrected chi connectivity index (χ3v) is 5.46. The molecule has 0 bridgehead atoms. The van der Waals surface area contributed by atoms with Gasteiger partial charge in [-0.15, -0.1) is 11.3 Å². The van der Waals surface area contributed by atoms with Gasteiger partial charge < -0.3 is 14.8 Å². The smallest absolute Gasteiger partial charge is 0.411 e. The average Bonchev–Trinajstić information content (AvgIpc) is 3.37. The van der Waals surface area contributed by atoms with Crippen LogP contribution in [0.15, 0.2) is 54.2 Å². The number of hydrogen-bond donors (Lipinski definition) is 2. The molecule has 7 nitrogen and oxygen atoms in total. The number of ether oxygens (including phenoxy) is 1. The first kappa shape index (κ1) is 17.3. The molecule has 0 saturated carbocycles. The number of aromatic nitrogens is 2. The second kappa shape index (κ2) is 7.24. The molecule has 3 heterocycles. The van der Waals surface area contributed by atoms with Gasteiger partial charge in [0.15, 0.2) is 0 Å². The lowest BCUT2D eigenvalue weighted by molar-refractivity contribution is -0.143. The number of imidazole rings is 1. The molecule has 0 unspecified atom stereocenters. The second-order valence-electron chi connectivity index (χ2n) is 6.19. The predicted octanol–water partition coefficient (Wildman–Crippen LogP) is 3.21. The van der Waals surface area contributed by atoms with E-state index in [4.69, 9.17) is 4.74 Å². The second-order valence-corrected chi connectivity index (χ2v) is 7.17. The lowest BCUT2D eigenvalue weighted by Crippen LogP contribution is -2.51. The number of nitrogens with zero attached hydrogens (tertiary/aromatic N) is 2.